The zero-order valence-corrected chi connectivity index (χ0v) is 7.26. The van der Waals surface area contributed by atoms with Gasteiger partial charge in [-0.25, -0.2) is 0 Å². The van der Waals surface area contributed by atoms with Gasteiger partial charge in [-0.1, -0.05) is 23.8 Å². The van der Waals surface area contributed by atoms with Gasteiger partial charge in [0.15, 0.2) is 5.78 Å². The Kier molecular flexibility index (Phi) is 1.72. The van der Waals surface area contributed by atoms with Crippen molar-refractivity contribution >= 4 is 5.78 Å². The van der Waals surface area contributed by atoms with E-state index >= 15 is 0 Å². The van der Waals surface area contributed by atoms with E-state index in [1.165, 1.54) is 11.1 Å². The Labute approximate surface area is 72.5 Å². The number of fused-ring (bicyclic) bond motifs is 1. The number of Topliss-reactive ketones (excluding diaryl/α,β-unsaturated/α-hetero) is 1. The number of carbonyl (C=O) groups excluding carboxylic acids is 1. The quantitative estimate of drug-likeness (QED) is 0.532. The maximum Gasteiger partial charge on any atom is 0.163 e. The second-order valence-corrected chi connectivity index (χ2v) is 3.45. The van der Waals surface area contributed by atoms with E-state index < -0.39 is 0 Å². The number of ketones is 1. The highest BCUT2D eigenvalue weighted by Gasteiger charge is 2.22. The lowest BCUT2D eigenvalue weighted by Gasteiger charge is -1.94. The molecule has 1 nitrogen and oxygen atoms in total. The Morgan fingerprint density at radius 2 is 2.08 bits per heavy atom. The lowest BCUT2D eigenvalue weighted by atomic mass is 10.1. The molecule has 0 heterocycles. The Balaban J connectivity index is 2.42. The summed E-state index contributed by atoms with van der Waals surface area (Å²) in [4.78, 5) is 11.3. The van der Waals surface area contributed by atoms with Crippen molar-refractivity contribution in [1.29, 1.82) is 0 Å². The Morgan fingerprint density at radius 3 is 2.92 bits per heavy atom. The Morgan fingerprint density at radius 1 is 1.25 bits per heavy atom. The van der Waals surface area contributed by atoms with E-state index in [-0.39, 0.29) is 0 Å². The minimum absolute atomic E-state index is 0.312. The SMILES string of the molecule is CC1=CC=C2C(=O)CCC2=CC1. The van der Waals surface area contributed by atoms with Gasteiger partial charge < -0.3 is 0 Å². The molecule has 0 atom stereocenters. The van der Waals surface area contributed by atoms with E-state index in [2.05, 4.69) is 19.1 Å². The van der Waals surface area contributed by atoms with Crippen LogP contribution in [-0.4, -0.2) is 5.78 Å². The smallest absolute Gasteiger partial charge is 0.163 e. The molecule has 0 saturated heterocycles. The van der Waals surface area contributed by atoms with Crippen molar-refractivity contribution in [3.63, 3.8) is 0 Å². The second-order valence-electron chi connectivity index (χ2n) is 3.45. The molecule has 0 aromatic heterocycles. The van der Waals surface area contributed by atoms with E-state index in [9.17, 15) is 4.79 Å². The number of carbonyl (C=O) groups is 1. The van der Waals surface area contributed by atoms with Gasteiger partial charge in [-0.05, 0) is 25.3 Å². The molecule has 1 saturated carbocycles. The first-order valence-corrected chi connectivity index (χ1v) is 4.37. The second kappa shape index (κ2) is 2.74. The standard InChI is InChI=1S/C11H12O/c1-8-2-4-9-5-7-11(12)10(9)6-3-8/h3-4,6H,2,5,7H2,1H3. The number of rotatable bonds is 0. The van der Waals surface area contributed by atoms with Gasteiger partial charge in [0.05, 0.1) is 0 Å². The van der Waals surface area contributed by atoms with E-state index in [1.54, 1.807) is 0 Å². The normalized spacial score (nSPS) is 22.4. The van der Waals surface area contributed by atoms with Crippen molar-refractivity contribution in [1.82, 2.24) is 0 Å². The third-order valence-corrected chi connectivity index (χ3v) is 2.47. The van der Waals surface area contributed by atoms with Gasteiger partial charge >= 0.3 is 0 Å². The average Bonchev–Trinajstić information content (AvgIpc) is 2.28. The lowest BCUT2D eigenvalue weighted by molar-refractivity contribution is -0.114. The predicted octanol–water partition coefficient (Wildman–Crippen LogP) is 2.55. The summed E-state index contributed by atoms with van der Waals surface area (Å²) >= 11 is 0. The van der Waals surface area contributed by atoms with Crippen molar-refractivity contribution in [2.45, 2.75) is 26.2 Å². The molecule has 1 fully saturated rings. The van der Waals surface area contributed by atoms with Crippen LogP contribution in [0.5, 0.6) is 0 Å². The van der Waals surface area contributed by atoms with Gasteiger partial charge in [0.25, 0.3) is 0 Å². The summed E-state index contributed by atoms with van der Waals surface area (Å²) in [5.41, 5.74) is 3.54. The maximum absolute atomic E-state index is 11.3. The fourth-order valence-corrected chi connectivity index (χ4v) is 1.69. The first-order valence-electron chi connectivity index (χ1n) is 4.37. The third-order valence-electron chi connectivity index (χ3n) is 2.47. The summed E-state index contributed by atoms with van der Waals surface area (Å²) in [7, 11) is 0. The summed E-state index contributed by atoms with van der Waals surface area (Å²) < 4.78 is 0. The van der Waals surface area contributed by atoms with Crippen molar-refractivity contribution in [3.05, 3.63) is 34.9 Å². The van der Waals surface area contributed by atoms with Crippen LogP contribution in [0.2, 0.25) is 0 Å². The molecule has 0 spiro atoms. The van der Waals surface area contributed by atoms with Gasteiger partial charge in [-0.15, -0.1) is 0 Å². The fraction of sp³-hybridized carbons (Fsp3) is 0.364. The minimum Gasteiger partial charge on any atom is -0.294 e. The van der Waals surface area contributed by atoms with Crippen molar-refractivity contribution in [2.75, 3.05) is 0 Å². The minimum atomic E-state index is 0.312. The summed E-state index contributed by atoms with van der Waals surface area (Å²) in [5.74, 6) is 0.312. The van der Waals surface area contributed by atoms with Gasteiger partial charge in [0.2, 0.25) is 0 Å². The highest BCUT2D eigenvalue weighted by atomic mass is 16.1. The van der Waals surface area contributed by atoms with Gasteiger partial charge in [0.1, 0.15) is 0 Å². The maximum atomic E-state index is 11.3. The number of hydrogen-bond acceptors (Lipinski definition) is 1. The summed E-state index contributed by atoms with van der Waals surface area (Å²) in [6.45, 7) is 2.10. The van der Waals surface area contributed by atoms with Crippen molar-refractivity contribution in [2.24, 2.45) is 0 Å². The third kappa shape index (κ3) is 1.15. The van der Waals surface area contributed by atoms with E-state index in [0.29, 0.717) is 12.2 Å². The first-order chi connectivity index (χ1) is 5.77. The molecule has 0 unspecified atom stereocenters. The van der Waals surface area contributed by atoms with E-state index in [0.717, 1.165) is 18.4 Å². The molecule has 62 valence electrons. The molecule has 0 amide bonds. The molecule has 1 heteroatoms. The molecule has 0 N–H and O–H groups in total. The van der Waals surface area contributed by atoms with Crippen molar-refractivity contribution in [3.8, 4) is 0 Å². The summed E-state index contributed by atoms with van der Waals surface area (Å²) in [6.07, 6.45) is 8.89. The largest absolute Gasteiger partial charge is 0.294 e. The topological polar surface area (TPSA) is 17.1 Å². The summed E-state index contributed by atoms with van der Waals surface area (Å²) in [6, 6.07) is 0. The van der Waals surface area contributed by atoms with Crippen LogP contribution >= 0.6 is 0 Å². The predicted molar refractivity (Wildman–Crippen MR) is 48.8 cm³/mol. The summed E-state index contributed by atoms with van der Waals surface area (Å²) in [5, 5.41) is 0. The molecule has 0 aromatic rings. The molecular weight excluding hydrogens is 148 g/mol. The zero-order chi connectivity index (χ0) is 8.55. The molecule has 0 aliphatic heterocycles. The molecule has 2 aliphatic carbocycles. The van der Waals surface area contributed by atoms with Gasteiger partial charge in [-0.3, -0.25) is 4.79 Å². The van der Waals surface area contributed by atoms with Crippen LogP contribution in [0.4, 0.5) is 0 Å². The van der Waals surface area contributed by atoms with Crippen LogP contribution in [0.3, 0.4) is 0 Å². The van der Waals surface area contributed by atoms with Crippen LogP contribution in [0, 0.1) is 0 Å². The average molecular weight is 160 g/mol. The molecule has 0 aromatic carbocycles. The molecule has 0 radical (unpaired) electrons. The van der Waals surface area contributed by atoms with Gasteiger partial charge in [0, 0.05) is 12.0 Å². The fourth-order valence-electron chi connectivity index (χ4n) is 1.69. The molecule has 0 bridgehead atoms. The van der Waals surface area contributed by atoms with Crippen LogP contribution in [0.15, 0.2) is 34.9 Å². The molecule has 12 heavy (non-hydrogen) atoms. The molecule has 2 rings (SSSR count). The van der Waals surface area contributed by atoms with Crippen LogP contribution in [-0.2, 0) is 4.79 Å². The van der Waals surface area contributed by atoms with Gasteiger partial charge in [-0.2, -0.15) is 0 Å². The van der Waals surface area contributed by atoms with Crippen LogP contribution in [0.1, 0.15) is 26.2 Å². The monoisotopic (exact) mass is 160 g/mol. The first kappa shape index (κ1) is 7.53. The van der Waals surface area contributed by atoms with Crippen molar-refractivity contribution < 1.29 is 4.79 Å². The number of allylic oxidation sites excluding steroid dienone is 6. The van der Waals surface area contributed by atoms with E-state index in [1.807, 2.05) is 6.08 Å². The van der Waals surface area contributed by atoms with Crippen LogP contribution in [0.25, 0.3) is 0 Å². The molecule has 2 aliphatic rings. The zero-order valence-electron chi connectivity index (χ0n) is 7.26. The van der Waals surface area contributed by atoms with E-state index in [4.69, 9.17) is 0 Å². The Bertz CT molecular complexity index is 316. The number of hydrogen-bond donors (Lipinski definition) is 0. The highest BCUT2D eigenvalue weighted by Crippen LogP contribution is 2.30. The Hall–Kier alpha value is -1.11. The molecular formula is C11H12O. The highest BCUT2D eigenvalue weighted by molar-refractivity contribution is 6.03. The lowest BCUT2D eigenvalue weighted by Crippen LogP contribution is -1.91. The van der Waals surface area contributed by atoms with Crippen LogP contribution < -0.4 is 0 Å².